The minimum atomic E-state index is -0.662. The Hall–Kier alpha value is -0.140. The molecule has 0 rings (SSSR count). The van der Waals surface area contributed by atoms with Crippen molar-refractivity contribution in [2.45, 2.75) is 13.0 Å². The molecule has 0 aromatic rings. The van der Waals surface area contributed by atoms with Gasteiger partial charge in [-0.05, 0) is 6.92 Å². The fourth-order valence-corrected chi connectivity index (χ4v) is 0.951. The summed E-state index contributed by atoms with van der Waals surface area (Å²) >= 11 is 1.91. The van der Waals surface area contributed by atoms with E-state index in [9.17, 15) is 4.79 Å². The summed E-state index contributed by atoms with van der Waals surface area (Å²) in [5.41, 5.74) is 0.338. The molecule has 0 aromatic carbocycles. The summed E-state index contributed by atoms with van der Waals surface area (Å²) in [4.78, 5) is 10.8. The molecule has 0 amide bonds. The summed E-state index contributed by atoms with van der Waals surface area (Å²) in [6.07, 6.45) is -0.662. The number of aliphatic hydroxyl groups excluding tert-OH is 1. The van der Waals surface area contributed by atoms with E-state index in [-0.39, 0.29) is 6.61 Å². The van der Waals surface area contributed by atoms with Crippen molar-refractivity contribution in [2.75, 3.05) is 13.2 Å². The van der Waals surface area contributed by atoms with E-state index in [4.69, 9.17) is 5.11 Å². The number of hydrogen-bond donors (Lipinski definition) is 2. The summed E-state index contributed by atoms with van der Waals surface area (Å²) in [7, 11) is 0. The minimum absolute atomic E-state index is 0.00168. The Morgan fingerprint density at radius 1 is 1.83 bits per heavy atom. The zero-order valence-electron chi connectivity index (χ0n) is 6.84. The molecular weight excluding hydrogens is 273 g/mol. The van der Waals surface area contributed by atoms with Gasteiger partial charge in [0.2, 0.25) is 0 Å². The van der Waals surface area contributed by atoms with E-state index in [1.54, 1.807) is 6.92 Å². The molecule has 0 fully saturated rings. The molecule has 0 aliphatic heterocycles. The maximum Gasteiger partial charge on any atom is 0.333 e. The van der Waals surface area contributed by atoms with Crippen molar-refractivity contribution in [1.29, 1.82) is 0 Å². The van der Waals surface area contributed by atoms with Crippen molar-refractivity contribution >= 4 is 28.8 Å². The summed E-state index contributed by atoms with van der Waals surface area (Å²) in [5.74, 6) is -0.470. The van der Waals surface area contributed by atoms with Crippen LogP contribution in [-0.2, 0) is 9.53 Å². The third-order valence-electron chi connectivity index (χ3n) is 1.07. The quantitative estimate of drug-likeness (QED) is 0.332. The summed E-state index contributed by atoms with van der Waals surface area (Å²) in [6, 6.07) is 0. The number of halogens is 1. The second kappa shape index (κ2) is 6.38. The molecule has 0 aliphatic rings. The van der Waals surface area contributed by atoms with E-state index in [2.05, 4.69) is 14.8 Å². The van der Waals surface area contributed by atoms with Gasteiger partial charge >= 0.3 is 5.97 Å². The molecule has 5 heteroatoms. The van der Waals surface area contributed by atoms with Gasteiger partial charge in [-0.25, -0.2) is 4.79 Å². The zero-order valence-corrected chi connectivity index (χ0v) is 9.00. The van der Waals surface area contributed by atoms with Gasteiger partial charge in [-0.2, -0.15) is 0 Å². The predicted molar refractivity (Wildman–Crippen MR) is 53.8 cm³/mol. The monoisotopic (exact) mass is 285 g/mol. The van der Waals surface area contributed by atoms with Crippen LogP contribution in [0.25, 0.3) is 0 Å². The maximum atomic E-state index is 10.8. The number of nitrogens with one attached hydrogen (secondary N) is 1. The third-order valence-corrected chi connectivity index (χ3v) is 1.51. The van der Waals surface area contributed by atoms with Gasteiger partial charge in [0.05, 0.1) is 0 Å². The van der Waals surface area contributed by atoms with Crippen LogP contribution in [-0.4, -0.2) is 30.3 Å². The van der Waals surface area contributed by atoms with E-state index in [0.29, 0.717) is 12.1 Å². The van der Waals surface area contributed by atoms with E-state index in [1.165, 1.54) is 0 Å². The first-order valence-electron chi connectivity index (χ1n) is 3.42. The predicted octanol–water partition coefficient (Wildman–Crippen LogP) is 0.406. The van der Waals surface area contributed by atoms with Crippen molar-refractivity contribution in [3.8, 4) is 0 Å². The molecule has 0 aliphatic carbocycles. The molecule has 1 unspecified atom stereocenters. The van der Waals surface area contributed by atoms with Crippen LogP contribution < -0.4 is 3.53 Å². The number of carbonyl (C=O) groups excluding carboxylic acids is 1. The first kappa shape index (κ1) is 11.9. The number of rotatable bonds is 5. The molecule has 0 saturated heterocycles. The first-order chi connectivity index (χ1) is 5.57. The average molecular weight is 285 g/mol. The second-order valence-corrected chi connectivity index (χ2v) is 3.13. The summed E-state index contributed by atoms with van der Waals surface area (Å²) < 4.78 is 7.41. The molecule has 0 saturated carbocycles. The van der Waals surface area contributed by atoms with Gasteiger partial charge < -0.3 is 9.84 Å². The lowest BCUT2D eigenvalue weighted by molar-refractivity contribution is -0.141. The summed E-state index contributed by atoms with van der Waals surface area (Å²) in [6.45, 7) is 5.36. The Morgan fingerprint density at radius 2 is 2.42 bits per heavy atom. The number of hydrogen-bond acceptors (Lipinski definition) is 4. The topological polar surface area (TPSA) is 58.6 Å². The van der Waals surface area contributed by atoms with Crippen LogP contribution in [0.15, 0.2) is 12.2 Å². The third kappa shape index (κ3) is 5.50. The standard InChI is InChI=1S/C7H12INO3/c1-5(2)7(11)12-4-6(10)3-9-8/h6,9-10H,1,3-4H2,2H3. The van der Waals surface area contributed by atoms with Crippen LogP contribution in [0.1, 0.15) is 6.92 Å². The van der Waals surface area contributed by atoms with Crippen LogP contribution in [0.2, 0.25) is 0 Å². The average Bonchev–Trinajstić information content (AvgIpc) is 2.00. The SMILES string of the molecule is C=C(C)C(=O)OCC(O)CNI. The summed E-state index contributed by atoms with van der Waals surface area (Å²) in [5, 5.41) is 9.11. The minimum Gasteiger partial charge on any atom is -0.460 e. The Labute approximate surface area is 85.5 Å². The molecule has 70 valence electrons. The number of aliphatic hydroxyl groups is 1. The van der Waals surface area contributed by atoms with Gasteiger partial charge in [0.15, 0.2) is 0 Å². The smallest absolute Gasteiger partial charge is 0.333 e. The van der Waals surface area contributed by atoms with E-state index in [0.717, 1.165) is 0 Å². The van der Waals surface area contributed by atoms with Crippen molar-refractivity contribution in [2.24, 2.45) is 0 Å². The van der Waals surface area contributed by atoms with Gasteiger partial charge in [0.25, 0.3) is 0 Å². The lowest BCUT2D eigenvalue weighted by Gasteiger charge is -2.09. The highest BCUT2D eigenvalue weighted by Gasteiger charge is 2.07. The fraction of sp³-hybridized carbons (Fsp3) is 0.571. The lowest BCUT2D eigenvalue weighted by atomic mass is 10.3. The van der Waals surface area contributed by atoms with E-state index in [1.807, 2.05) is 22.9 Å². The zero-order chi connectivity index (χ0) is 9.56. The molecule has 0 spiro atoms. The first-order valence-corrected chi connectivity index (χ1v) is 4.50. The molecule has 0 aromatic heterocycles. The van der Waals surface area contributed by atoms with Gasteiger partial charge in [-0.1, -0.05) is 6.58 Å². The Balaban J connectivity index is 3.54. The molecule has 0 bridgehead atoms. The highest BCUT2D eigenvalue weighted by molar-refractivity contribution is 14.1. The Morgan fingerprint density at radius 3 is 2.83 bits per heavy atom. The van der Waals surface area contributed by atoms with Gasteiger partial charge in [0.1, 0.15) is 12.7 Å². The highest BCUT2D eigenvalue weighted by atomic mass is 127. The van der Waals surface area contributed by atoms with Crippen molar-refractivity contribution in [3.05, 3.63) is 12.2 Å². The Kier molecular flexibility index (Phi) is 6.31. The fourth-order valence-electron chi connectivity index (χ4n) is 0.443. The van der Waals surface area contributed by atoms with Gasteiger partial charge in [-0.15, -0.1) is 0 Å². The highest BCUT2D eigenvalue weighted by Crippen LogP contribution is 1.93. The number of esters is 1. The van der Waals surface area contributed by atoms with Crippen LogP contribution in [0, 0.1) is 0 Å². The van der Waals surface area contributed by atoms with Crippen LogP contribution in [0.5, 0.6) is 0 Å². The van der Waals surface area contributed by atoms with Crippen molar-refractivity contribution < 1.29 is 14.6 Å². The van der Waals surface area contributed by atoms with E-state index >= 15 is 0 Å². The molecule has 12 heavy (non-hydrogen) atoms. The maximum absolute atomic E-state index is 10.8. The van der Waals surface area contributed by atoms with Crippen molar-refractivity contribution in [3.63, 3.8) is 0 Å². The molecular formula is C7H12INO3. The van der Waals surface area contributed by atoms with Gasteiger partial charge in [-0.3, -0.25) is 3.53 Å². The molecule has 1 atom stereocenters. The second-order valence-electron chi connectivity index (χ2n) is 2.37. The van der Waals surface area contributed by atoms with Crippen LogP contribution >= 0.6 is 22.9 Å². The normalized spacial score (nSPS) is 12.2. The van der Waals surface area contributed by atoms with Crippen molar-refractivity contribution in [1.82, 2.24) is 3.53 Å². The van der Waals surface area contributed by atoms with E-state index < -0.39 is 12.1 Å². The Bertz CT molecular complexity index is 172. The van der Waals surface area contributed by atoms with Gasteiger partial charge in [0, 0.05) is 35.0 Å². The molecule has 0 heterocycles. The van der Waals surface area contributed by atoms with Crippen LogP contribution in [0.3, 0.4) is 0 Å². The largest absolute Gasteiger partial charge is 0.460 e. The lowest BCUT2D eigenvalue weighted by Crippen LogP contribution is -2.26. The molecule has 2 N–H and O–H groups in total. The van der Waals surface area contributed by atoms with Crippen LogP contribution in [0.4, 0.5) is 0 Å². The number of ether oxygens (including phenoxy) is 1. The molecule has 4 nitrogen and oxygen atoms in total. The number of carbonyl (C=O) groups is 1. The molecule has 0 radical (unpaired) electrons.